The van der Waals surface area contributed by atoms with E-state index in [0.717, 1.165) is 45.1 Å². The lowest BCUT2D eigenvalue weighted by Gasteiger charge is -2.24. The Kier molecular flexibility index (Phi) is 31.1. The summed E-state index contributed by atoms with van der Waals surface area (Å²) in [6, 6.07) is 0. The maximum atomic E-state index is 13.1. The maximum absolute atomic E-state index is 13.1. The average molecular weight is 643 g/mol. The van der Waals surface area contributed by atoms with E-state index in [1.54, 1.807) is 4.90 Å². The van der Waals surface area contributed by atoms with Crippen LogP contribution < -0.4 is 0 Å². The molecule has 0 aliphatic carbocycles. The van der Waals surface area contributed by atoms with Gasteiger partial charge in [-0.1, -0.05) is 115 Å². The Bertz CT molecular complexity index is 677. The zero-order valence-corrected chi connectivity index (χ0v) is 30.2. The van der Waals surface area contributed by atoms with Crippen LogP contribution in [0.25, 0.3) is 0 Å². The number of carbonyl (C=O) groups is 2. The van der Waals surface area contributed by atoms with Gasteiger partial charge in [-0.2, -0.15) is 0 Å². The smallest absolute Gasteiger partial charge is 0.325 e. The van der Waals surface area contributed by atoms with Crippen LogP contribution in [0.3, 0.4) is 0 Å². The molecule has 0 aliphatic rings. The fourth-order valence-electron chi connectivity index (χ4n) is 5.04. The molecule has 0 bridgehead atoms. The highest BCUT2D eigenvalue weighted by molar-refractivity contribution is 8.13. The minimum Gasteiger partial charge on any atom is -0.461 e. The molecule has 1 N–H and O–H groups in total. The molecule has 0 saturated heterocycles. The van der Waals surface area contributed by atoms with Crippen molar-refractivity contribution in [2.45, 2.75) is 162 Å². The van der Waals surface area contributed by atoms with Gasteiger partial charge in [0.1, 0.15) is 12.6 Å². The number of ether oxygens (including phenoxy) is 2. The minimum absolute atomic E-state index is 0.0423. The summed E-state index contributed by atoms with van der Waals surface area (Å²) in [6.45, 7) is 8.29. The maximum Gasteiger partial charge on any atom is 0.325 e. The van der Waals surface area contributed by atoms with Crippen LogP contribution in [0.5, 0.6) is 0 Å². The first kappa shape index (κ1) is 42.9. The fraction of sp³-hybridized carbons (Fsp3) is 0.889. The number of aliphatic hydroxyl groups excluding tert-OH is 1. The van der Waals surface area contributed by atoms with E-state index < -0.39 is 6.29 Å². The van der Waals surface area contributed by atoms with Crippen molar-refractivity contribution in [3.05, 3.63) is 12.2 Å². The summed E-state index contributed by atoms with van der Waals surface area (Å²) < 4.78 is 11.5. The number of hydrogen-bond acceptors (Lipinski definition) is 7. The van der Waals surface area contributed by atoms with Gasteiger partial charge in [-0.25, -0.2) is 0 Å². The summed E-state index contributed by atoms with van der Waals surface area (Å²) in [5, 5.41) is 10.2. The zero-order valence-electron chi connectivity index (χ0n) is 29.4. The van der Waals surface area contributed by atoms with Gasteiger partial charge in [0.2, 0.25) is 0 Å². The summed E-state index contributed by atoms with van der Waals surface area (Å²) in [4.78, 5) is 30.0. The number of hydrogen-bond donors (Lipinski definition) is 1. The molecule has 8 heteroatoms. The van der Waals surface area contributed by atoms with Gasteiger partial charge in [-0.3, -0.25) is 9.59 Å². The molecule has 1 atom stereocenters. The Labute approximate surface area is 276 Å². The van der Waals surface area contributed by atoms with Gasteiger partial charge in [-0.15, -0.1) is 0 Å². The van der Waals surface area contributed by atoms with E-state index >= 15 is 0 Å². The van der Waals surface area contributed by atoms with Crippen LogP contribution >= 0.6 is 11.8 Å². The van der Waals surface area contributed by atoms with Gasteiger partial charge in [0.25, 0.3) is 5.24 Å². The fourth-order valence-corrected chi connectivity index (χ4v) is 5.83. The third-order valence-corrected chi connectivity index (χ3v) is 8.76. The molecule has 0 aliphatic heterocycles. The quantitative estimate of drug-likeness (QED) is 0.0349. The molecule has 0 aromatic carbocycles. The van der Waals surface area contributed by atoms with Crippen molar-refractivity contribution < 1.29 is 24.2 Å². The summed E-state index contributed by atoms with van der Waals surface area (Å²) in [5.74, 6) is 0.386. The van der Waals surface area contributed by atoms with Crippen molar-refractivity contribution in [3.63, 3.8) is 0 Å². The lowest BCUT2D eigenvalue weighted by atomic mass is 10.0. The van der Waals surface area contributed by atoms with E-state index in [-0.39, 0.29) is 23.9 Å². The van der Waals surface area contributed by atoms with Crippen molar-refractivity contribution in [2.75, 3.05) is 46.1 Å². The highest BCUT2D eigenvalue weighted by Crippen LogP contribution is 2.18. The second-order valence-corrected chi connectivity index (χ2v) is 13.5. The van der Waals surface area contributed by atoms with E-state index in [9.17, 15) is 14.7 Å². The zero-order chi connectivity index (χ0) is 32.7. The van der Waals surface area contributed by atoms with E-state index in [4.69, 9.17) is 9.47 Å². The minimum atomic E-state index is -0.888. The summed E-state index contributed by atoms with van der Waals surface area (Å²) in [6.07, 6.45) is 24.6. The number of amides is 1. The Morgan fingerprint density at radius 3 is 1.91 bits per heavy atom. The Hall–Kier alpha value is -1.09. The first-order chi connectivity index (χ1) is 21.3. The highest BCUT2D eigenvalue weighted by atomic mass is 32.2. The highest BCUT2D eigenvalue weighted by Gasteiger charge is 2.21. The van der Waals surface area contributed by atoms with Crippen molar-refractivity contribution in [1.82, 2.24) is 9.80 Å². The number of nitrogens with zero attached hydrogens (tertiary/aromatic N) is 2. The third-order valence-electron chi connectivity index (χ3n) is 7.77. The van der Waals surface area contributed by atoms with Crippen molar-refractivity contribution in [1.29, 1.82) is 0 Å². The predicted molar refractivity (Wildman–Crippen MR) is 188 cm³/mol. The summed E-state index contributed by atoms with van der Waals surface area (Å²) in [7, 11) is 4.05. The van der Waals surface area contributed by atoms with Gasteiger partial charge in [0, 0.05) is 12.3 Å². The van der Waals surface area contributed by atoms with Crippen LogP contribution in [0.4, 0.5) is 4.79 Å². The van der Waals surface area contributed by atoms with Crippen LogP contribution in [0, 0.1) is 0 Å². The summed E-state index contributed by atoms with van der Waals surface area (Å²) >= 11 is 1.27. The standard InChI is InChI=1S/C36H70N2O5S/c1-6-9-12-15-16-19-22-30-42-34(39)27-23-29-38(36(41)44-31-24-28-37(4)5)32-35(40)43-33(25-20-17-13-10-7-2)26-21-18-14-11-8-3/h19,22,33-34,39H,6-18,20-21,23-32H2,1-5H3/b22-19-. The van der Waals surface area contributed by atoms with Crippen LogP contribution in [0.15, 0.2) is 12.2 Å². The Morgan fingerprint density at radius 1 is 0.727 bits per heavy atom. The predicted octanol–water partition coefficient (Wildman–Crippen LogP) is 9.37. The number of unbranched alkanes of at least 4 members (excludes halogenated alkanes) is 12. The first-order valence-electron chi connectivity index (χ1n) is 18.0. The molecule has 1 unspecified atom stereocenters. The largest absolute Gasteiger partial charge is 0.461 e. The summed E-state index contributed by atoms with van der Waals surface area (Å²) in [5.41, 5.74) is 0. The normalized spacial score (nSPS) is 12.5. The molecule has 260 valence electrons. The van der Waals surface area contributed by atoms with Crippen molar-refractivity contribution >= 4 is 23.0 Å². The number of carbonyl (C=O) groups excluding carboxylic acids is 2. The lowest BCUT2D eigenvalue weighted by molar-refractivity contribution is -0.150. The average Bonchev–Trinajstić information content (AvgIpc) is 2.99. The monoisotopic (exact) mass is 643 g/mol. The number of aliphatic hydroxyl groups is 1. The van der Waals surface area contributed by atoms with E-state index in [1.807, 2.05) is 20.2 Å². The molecule has 0 radical (unpaired) electrons. The number of thioether (sulfide) groups is 1. The molecular formula is C36H70N2O5S. The van der Waals surface area contributed by atoms with Crippen molar-refractivity contribution in [3.8, 4) is 0 Å². The molecule has 0 heterocycles. The van der Waals surface area contributed by atoms with Gasteiger partial charge in [0.05, 0.1) is 6.61 Å². The van der Waals surface area contributed by atoms with Gasteiger partial charge in [0.15, 0.2) is 6.29 Å². The second-order valence-electron chi connectivity index (χ2n) is 12.5. The number of esters is 1. The number of rotatable bonds is 31. The Morgan fingerprint density at radius 2 is 1.32 bits per heavy atom. The second kappa shape index (κ2) is 31.9. The molecular weight excluding hydrogens is 572 g/mol. The van der Waals surface area contributed by atoms with Gasteiger partial charge >= 0.3 is 5.97 Å². The van der Waals surface area contributed by atoms with Crippen LogP contribution in [-0.4, -0.2) is 84.6 Å². The van der Waals surface area contributed by atoms with Crippen LogP contribution in [0.1, 0.15) is 149 Å². The van der Waals surface area contributed by atoms with E-state index in [0.29, 0.717) is 31.7 Å². The molecule has 1 amide bonds. The number of allylic oxidation sites excluding steroid dienone is 1. The lowest BCUT2D eigenvalue weighted by Crippen LogP contribution is -2.37. The first-order valence-corrected chi connectivity index (χ1v) is 19.0. The molecule has 0 fully saturated rings. The Balaban J connectivity index is 4.91. The molecule has 0 saturated carbocycles. The molecule has 0 rings (SSSR count). The molecule has 0 aromatic rings. The van der Waals surface area contributed by atoms with E-state index in [1.165, 1.54) is 88.8 Å². The third kappa shape index (κ3) is 28.4. The molecule has 0 spiro atoms. The molecule has 7 nitrogen and oxygen atoms in total. The molecule has 44 heavy (non-hydrogen) atoms. The van der Waals surface area contributed by atoms with Gasteiger partial charge in [-0.05, 0) is 78.4 Å². The SMILES string of the molecule is CCCCCC/C=C\COC(O)CCCN(CC(=O)OC(CCCCCCC)CCCCCCC)C(=O)SCCCN(C)C. The molecule has 0 aromatic heterocycles. The topological polar surface area (TPSA) is 79.3 Å². The van der Waals surface area contributed by atoms with Crippen molar-refractivity contribution in [2.24, 2.45) is 0 Å². The van der Waals surface area contributed by atoms with Crippen LogP contribution in [0.2, 0.25) is 0 Å². The van der Waals surface area contributed by atoms with Gasteiger partial charge < -0.3 is 24.4 Å². The van der Waals surface area contributed by atoms with E-state index in [2.05, 4.69) is 31.7 Å². The van der Waals surface area contributed by atoms with Crippen LogP contribution in [-0.2, 0) is 14.3 Å².